The van der Waals surface area contributed by atoms with Crippen molar-refractivity contribution in [1.82, 2.24) is 10.2 Å². The SMILES string of the molecule is CCN(CC)Cc1ccc(CNC(=O)CC(N)c2ccccc2)cc1. The molecule has 2 aromatic rings. The monoisotopic (exact) mass is 339 g/mol. The molecular formula is C21H29N3O. The van der Waals surface area contributed by atoms with Gasteiger partial charge in [-0.25, -0.2) is 0 Å². The average molecular weight is 339 g/mol. The number of hydrogen-bond acceptors (Lipinski definition) is 3. The third kappa shape index (κ3) is 6.33. The largest absolute Gasteiger partial charge is 0.352 e. The first kappa shape index (κ1) is 19.2. The highest BCUT2D eigenvalue weighted by atomic mass is 16.1. The Morgan fingerprint density at radius 3 is 2.20 bits per heavy atom. The van der Waals surface area contributed by atoms with Crippen LogP contribution in [-0.4, -0.2) is 23.9 Å². The molecule has 0 heterocycles. The van der Waals surface area contributed by atoms with E-state index in [0.29, 0.717) is 13.0 Å². The van der Waals surface area contributed by atoms with E-state index < -0.39 is 0 Å². The van der Waals surface area contributed by atoms with Crippen LogP contribution < -0.4 is 11.1 Å². The molecule has 134 valence electrons. The molecule has 0 aromatic heterocycles. The van der Waals surface area contributed by atoms with Crippen molar-refractivity contribution in [2.24, 2.45) is 5.73 Å². The van der Waals surface area contributed by atoms with Gasteiger partial charge in [-0.15, -0.1) is 0 Å². The first-order chi connectivity index (χ1) is 12.1. The molecule has 25 heavy (non-hydrogen) atoms. The molecule has 0 radical (unpaired) electrons. The van der Waals surface area contributed by atoms with E-state index in [-0.39, 0.29) is 11.9 Å². The normalized spacial score (nSPS) is 12.2. The number of nitrogens with one attached hydrogen (secondary N) is 1. The first-order valence-electron chi connectivity index (χ1n) is 8.99. The third-order valence-electron chi connectivity index (χ3n) is 4.45. The highest BCUT2D eigenvalue weighted by Gasteiger charge is 2.11. The molecule has 1 atom stereocenters. The quantitative estimate of drug-likeness (QED) is 0.737. The second-order valence-corrected chi connectivity index (χ2v) is 6.28. The van der Waals surface area contributed by atoms with E-state index in [1.54, 1.807) is 0 Å². The van der Waals surface area contributed by atoms with Crippen molar-refractivity contribution in [3.05, 3.63) is 71.3 Å². The molecule has 0 aliphatic carbocycles. The summed E-state index contributed by atoms with van der Waals surface area (Å²) in [6.45, 7) is 7.95. The van der Waals surface area contributed by atoms with Gasteiger partial charge in [0.25, 0.3) is 0 Å². The van der Waals surface area contributed by atoms with E-state index in [4.69, 9.17) is 5.73 Å². The number of rotatable bonds is 9. The summed E-state index contributed by atoms with van der Waals surface area (Å²) >= 11 is 0. The molecule has 0 aliphatic heterocycles. The molecule has 3 N–H and O–H groups in total. The molecular weight excluding hydrogens is 310 g/mol. The Kier molecular flexibility index (Phi) is 7.64. The highest BCUT2D eigenvalue weighted by Crippen LogP contribution is 2.13. The molecule has 0 aliphatic rings. The molecule has 4 heteroatoms. The summed E-state index contributed by atoms with van der Waals surface area (Å²) in [6.07, 6.45) is 0.296. The van der Waals surface area contributed by atoms with Crippen LogP contribution in [0.15, 0.2) is 54.6 Å². The third-order valence-corrected chi connectivity index (χ3v) is 4.45. The Balaban J connectivity index is 1.79. The fourth-order valence-corrected chi connectivity index (χ4v) is 2.76. The summed E-state index contributed by atoms with van der Waals surface area (Å²) in [4.78, 5) is 14.5. The minimum Gasteiger partial charge on any atom is -0.352 e. The van der Waals surface area contributed by atoms with E-state index in [1.807, 2.05) is 30.3 Å². The van der Waals surface area contributed by atoms with Crippen molar-refractivity contribution in [1.29, 1.82) is 0 Å². The Hall–Kier alpha value is -2.17. The standard InChI is InChI=1S/C21H29N3O/c1-3-24(4-2)16-18-12-10-17(11-13-18)15-23-21(25)14-20(22)19-8-6-5-7-9-19/h5-13,20H,3-4,14-16,22H2,1-2H3,(H,23,25). The van der Waals surface area contributed by atoms with Gasteiger partial charge in [-0.1, -0.05) is 68.4 Å². The maximum absolute atomic E-state index is 12.1. The van der Waals surface area contributed by atoms with Crippen molar-refractivity contribution in [3.8, 4) is 0 Å². The van der Waals surface area contributed by atoms with E-state index >= 15 is 0 Å². The molecule has 4 nitrogen and oxygen atoms in total. The minimum absolute atomic E-state index is 0.0245. The van der Waals surface area contributed by atoms with Gasteiger partial charge in [-0.3, -0.25) is 9.69 Å². The Bertz CT molecular complexity index is 636. The van der Waals surface area contributed by atoms with Crippen molar-refractivity contribution in [3.63, 3.8) is 0 Å². The number of carbonyl (C=O) groups excluding carboxylic acids is 1. The van der Waals surface area contributed by atoms with Gasteiger partial charge in [-0.2, -0.15) is 0 Å². The molecule has 2 rings (SSSR count). The number of carbonyl (C=O) groups is 1. The van der Waals surface area contributed by atoms with Crippen molar-refractivity contribution in [2.45, 2.75) is 39.4 Å². The number of benzene rings is 2. The van der Waals surface area contributed by atoms with Gasteiger partial charge < -0.3 is 11.1 Å². The van der Waals surface area contributed by atoms with E-state index in [2.05, 4.69) is 48.3 Å². The van der Waals surface area contributed by atoms with Crippen LogP contribution in [0, 0.1) is 0 Å². The van der Waals surface area contributed by atoms with E-state index in [9.17, 15) is 4.79 Å². The smallest absolute Gasteiger partial charge is 0.222 e. The van der Waals surface area contributed by atoms with Crippen LogP contribution in [-0.2, 0) is 17.9 Å². The molecule has 0 saturated heterocycles. The van der Waals surface area contributed by atoms with Crippen LogP contribution in [0.1, 0.15) is 43.0 Å². The van der Waals surface area contributed by atoms with Gasteiger partial charge in [-0.05, 0) is 29.8 Å². The molecule has 1 unspecified atom stereocenters. The topological polar surface area (TPSA) is 58.4 Å². The molecule has 2 aromatic carbocycles. The zero-order valence-corrected chi connectivity index (χ0v) is 15.2. The van der Waals surface area contributed by atoms with Gasteiger partial charge in [0.2, 0.25) is 5.91 Å². The van der Waals surface area contributed by atoms with Crippen LogP contribution in [0.4, 0.5) is 0 Å². The lowest BCUT2D eigenvalue weighted by molar-refractivity contribution is -0.121. The van der Waals surface area contributed by atoms with Gasteiger partial charge in [0, 0.05) is 25.6 Å². The van der Waals surface area contributed by atoms with Gasteiger partial charge in [0.1, 0.15) is 0 Å². The number of amides is 1. The summed E-state index contributed by atoms with van der Waals surface area (Å²) < 4.78 is 0. The lowest BCUT2D eigenvalue weighted by Crippen LogP contribution is -2.27. The van der Waals surface area contributed by atoms with Gasteiger partial charge >= 0.3 is 0 Å². The number of hydrogen-bond donors (Lipinski definition) is 2. The van der Waals surface area contributed by atoms with Crippen LogP contribution in [0.25, 0.3) is 0 Å². The minimum atomic E-state index is -0.266. The zero-order valence-electron chi connectivity index (χ0n) is 15.2. The summed E-state index contributed by atoms with van der Waals surface area (Å²) in [6, 6.07) is 17.9. The van der Waals surface area contributed by atoms with Crippen LogP contribution in [0.3, 0.4) is 0 Å². The Labute approximate surface area is 151 Å². The first-order valence-corrected chi connectivity index (χ1v) is 8.99. The molecule has 1 amide bonds. The van der Waals surface area contributed by atoms with Crippen molar-refractivity contribution < 1.29 is 4.79 Å². The maximum atomic E-state index is 12.1. The highest BCUT2D eigenvalue weighted by molar-refractivity contribution is 5.76. The van der Waals surface area contributed by atoms with Gasteiger partial charge in [0.15, 0.2) is 0 Å². The molecule has 0 bridgehead atoms. The summed E-state index contributed by atoms with van der Waals surface area (Å²) in [5.74, 6) is -0.0245. The predicted molar refractivity (Wildman–Crippen MR) is 103 cm³/mol. The van der Waals surface area contributed by atoms with Crippen LogP contribution in [0.2, 0.25) is 0 Å². The van der Waals surface area contributed by atoms with Crippen LogP contribution in [0.5, 0.6) is 0 Å². The number of nitrogens with two attached hydrogens (primary N) is 1. The Morgan fingerprint density at radius 1 is 1.00 bits per heavy atom. The lowest BCUT2D eigenvalue weighted by atomic mass is 10.0. The molecule has 0 saturated carbocycles. The molecule has 0 spiro atoms. The second-order valence-electron chi connectivity index (χ2n) is 6.28. The fourth-order valence-electron chi connectivity index (χ4n) is 2.76. The molecule has 0 fully saturated rings. The number of nitrogens with zero attached hydrogens (tertiary/aromatic N) is 1. The lowest BCUT2D eigenvalue weighted by Gasteiger charge is -2.18. The predicted octanol–water partition coefficient (Wildman–Crippen LogP) is 3.23. The van der Waals surface area contributed by atoms with E-state index in [1.165, 1.54) is 5.56 Å². The van der Waals surface area contributed by atoms with Crippen molar-refractivity contribution in [2.75, 3.05) is 13.1 Å². The van der Waals surface area contributed by atoms with Crippen molar-refractivity contribution >= 4 is 5.91 Å². The zero-order chi connectivity index (χ0) is 18.1. The van der Waals surface area contributed by atoms with E-state index in [0.717, 1.165) is 30.8 Å². The summed E-state index contributed by atoms with van der Waals surface area (Å²) in [5.41, 5.74) is 9.47. The van der Waals surface area contributed by atoms with Crippen LogP contribution >= 0.6 is 0 Å². The summed E-state index contributed by atoms with van der Waals surface area (Å²) in [7, 11) is 0. The average Bonchev–Trinajstić information content (AvgIpc) is 2.66. The Morgan fingerprint density at radius 2 is 1.60 bits per heavy atom. The maximum Gasteiger partial charge on any atom is 0.222 e. The summed E-state index contributed by atoms with van der Waals surface area (Å²) in [5, 5.41) is 2.95. The second kappa shape index (κ2) is 9.97. The van der Waals surface area contributed by atoms with Gasteiger partial charge in [0.05, 0.1) is 0 Å². The fraction of sp³-hybridized carbons (Fsp3) is 0.381.